The van der Waals surface area contributed by atoms with Gasteiger partial charge in [0.1, 0.15) is 6.54 Å². The van der Waals surface area contributed by atoms with Crippen molar-refractivity contribution >= 4 is 33.2 Å². The maximum atomic E-state index is 13.6. The van der Waals surface area contributed by atoms with Crippen LogP contribution in [0.25, 0.3) is 0 Å². The topological polar surface area (TPSA) is 113 Å². The van der Waals surface area contributed by atoms with Gasteiger partial charge in [-0.1, -0.05) is 29.8 Å². The van der Waals surface area contributed by atoms with E-state index in [1.165, 1.54) is 39.9 Å². The number of nitrogens with zero attached hydrogens (tertiary/aromatic N) is 3. The summed E-state index contributed by atoms with van der Waals surface area (Å²) < 4.78 is 69.7. The molecule has 0 bridgehead atoms. The molecule has 1 aliphatic heterocycles. The zero-order valence-corrected chi connectivity index (χ0v) is 22.9. The van der Waals surface area contributed by atoms with Crippen LogP contribution in [0.2, 0.25) is 5.02 Å². The van der Waals surface area contributed by atoms with Gasteiger partial charge in [-0.2, -0.15) is 13.2 Å². The Bertz CT molecular complexity index is 1620. The molecular formula is C26H26ClF3N4O5S. The number of amides is 1. The number of carbonyl (C=O) groups excluding carboxylic acids is 1. The predicted octanol–water partition coefficient (Wildman–Crippen LogP) is 3.65. The number of sulfonamides is 1. The molecule has 1 fully saturated rings. The molecule has 1 aliphatic rings. The Kier molecular flexibility index (Phi) is 8.45. The first-order chi connectivity index (χ1) is 18.8. The van der Waals surface area contributed by atoms with Crippen LogP contribution in [0.1, 0.15) is 24.0 Å². The van der Waals surface area contributed by atoms with Crippen LogP contribution in [0.3, 0.4) is 0 Å². The van der Waals surface area contributed by atoms with E-state index in [1.54, 1.807) is 13.0 Å². The molecule has 214 valence electrons. The number of aryl methyl sites for hydroxylation is 1. The van der Waals surface area contributed by atoms with Gasteiger partial charge in [-0.15, -0.1) is 0 Å². The standard InChI is InChI=1S/C26H26ClF3N4O5S/c1-17-13-33(25(37)31-24(17)36)15-18-6-5-11-32(14-18)23(35)16-34(40(38,39)20-7-3-2-4-8-20)22-12-19(26(28,29)30)9-10-21(22)27/h2-4,7-10,12-13,18H,5-6,11,14-16H2,1H3,(H,31,36,37). The number of carbonyl (C=O) groups is 1. The number of H-pyrrole nitrogens is 1. The van der Waals surface area contributed by atoms with Crippen LogP contribution in [0.15, 0.2) is 69.2 Å². The Balaban J connectivity index is 1.64. The van der Waals surface area contributed by atoms with Gasteiger partial charge in [-0.25, -0.2) is 13.2 Å². The second kappa shape index (κ2) is 11.5. The van der Waals surface area contributed by atoms with Crippen LogP contribution in [0.5, 0.6) is 0 Å². The molecule has 9 nitrogen and oxygen atoms in total. The molecule has 0 saturated carbocycles. The van der Waals surface area contributed by atoms with Gasteiger partial charge in [-0.05, 0) is 56.0 Å². The van der Waals surface area contributed by atoms with E-state index < -0.39 is 51.2 Å². The third-order valence-corrected chi connectivity index (χ3v) is 8.76. The lowest BCUT2D eigenvalue weighted by atomic mass is 9.97. The van der Waals surface area contributed by atoms with Gasteiger partial charge in [0.15, 0.2) is 0 Å². The van der Waals surface area contributed by atoms with Gasteiger partial charge < -0.3 is 4.90 Å². The summed E-state index contributed by atoms with van der Waals surface area (Å²) >= 11 is 6.20. The van der Waals surface area contributed by atoms with Crippen LogP contribution in [0, 0.1) is 12.8 Å². The third kappa shape index (κ3) is 6.41. The molecule has 1 amide bonds. The molecule has 0 spiro atoms. The second-order valence-corrected chi connectivity index (χ2v) is 11.8. The summed E-state index contributed by atoms with van der Waals surface area (Å²) in [5.41, 5.74) is -2.32. The Labute approximate surface area is 232 Å². The van der Waals surface area contributed by atoms with E-state index in [4.69, 9.17) is 11.6 Å². The van der Waals surface area contributed by atoms with Crippen LogP contribution in [-0.2, 0) is 27.5 Å². The largest absolute Gasteiger partial charge is 0.416 e. The highest BCUT2D eigenvalue weighted by Gasteiger charge is 2.35. The fourth-order valence-electron chi connectivity index (χ4n) is 4.60. The molecule has 40 heavy (non-hydrogen) atoms. The van der Waals surface area contributed by atoms with Gasteiger partial charge >= 0.3 is 11.9 Å². The Hall–Kier alpha value is -3.58. The summed E-state index contributed by atoms with van der Waals surface area (Å²) in [4.78, 5) is 40.8. The summed E-state index contributed by atoms with van der Waals surface area (Å²) in [5, 5.41) is -0.273. The lowest BCUT2D eigenvalue weighted by Crippen LogP contribution is -2.47. The Morgan fingerprint density at radius 1 is 1.15 bits per heavy atom. The van der Waals surface area contributed by atoms with E-state index in [1.807, 2.05) is 0 Å². The van der Waals surface area contributed by atoms with Crippen molar-refractivity contribution in [2.45, 2.75) is 37.4 Å². The SMILES string of the molecule is Cc1cn(CC2CCCN(C(=O)CN(c3cc(C(F)(F)F)ccc3Cl)S(=O)(=O)c3ccccc3)C2)c(=O)[nH]c1=O. The Morgan fingerprint density at radius 3 is 2.52 bits per heavy atom. The summed E-state index contributed by atoms with van der Waals surface area (Å²) in [7, 11) is -4.49. The highest BCUT2D eigenvalue weighted by Crippen LogP contribution is 2.37. The van der Waals surface area contributed by atoms with Crippen LogP contribution in [-0.4, -0.2) is 48.4 Å². The molecule has 14 heteroatoms. The number of piperidine rings is 1. The van der Waals surface area contributed by atoms with Crippen molar-refractivity contribution in [3.63, 3.8) is 0 Å². The number of hydrogen-bond acceptors (Lipinski definition) is 5. The lowest BCUT2D eigenvalue weighted by molar-refractivity contribution is -0.137. The molecule has 1 saturated heterocycles. The number of aromatic nitrogens is 2. The first-order valence-corrected chi connectivity index (χ1v) is 14.1. The minimum absolute atomic E-state index is 0.180. The maximum absolute atomic E-state index is 13.6. The molecule has 1 aromatic heterocycles. The Morgan fingerprint density at radius 2 is 1.85 bits per heavy atom. The summed E-state index contributed by atoms with van der Waals surface area (Å²) in [6.07, 6.45) is -2.11. The molecular weight excluding hydrogens is 573 g/mol. The lowest BCUT2D eigenvalue weighted by Gasteiger charge is -2.35. The minimum Gasteiger partial charge on any atom is -0.341 e. The number of nitrogens with one attached hydrogen (secondary N) is 1. The van der Waals surface area contributed by atoms with Crippen LogP contribution < -0.4 is 15.6 Å². The van der Waals surface area contributed by atoms with Crippen LogP contribution >= 0.6 is 11.6 Å². The van der Waals surface area contributed by atoms with E-state index in [9.17, 15) is 36.0 Å². The average molecular weight is 599 g/mol. The quantitative estimate of drug-likeness (QED) is 0.446. The van der Waals surface area contributed by atoms with Gasteiger partial charge in [-0.3, -0.25) is 23.4 Å². The molecule has 2 aromatic carbocycles. The molecule has 1 N–H and O–H groups in total. The third-order valence-electron chi connectivity index (χ3n) is 6.67. The highest BCUT2D eigenvalue weighted by atomic mass is 35.5. The van der Waals surface area contributed by atoms with Crippen molar-refractivity contribution in [1.82, 2.24) is 14.5 Å². The number of benzene rings is 2. The van der Waals surface area contributed by atoms with Crippen molar-refractivity contribution in [1.29, 1.82) is 0 Å². The minimum atomic E-state index is -4.77. The molecule has 0 aliphatic carbocycles. The summed E-state index contributed by atoms with van der Waals surface area (Å²) in [6, 6.07) is 9.32. The first kappa shape index (κ1) is 29.4. The molecule has 2 heterocycles. The highest BCUT2D eigenvalue weighted by molar-refractivity contribution is 7.92. The van der Waals surface area contributed by atoms with Crippen molar-refractivity contribution in [2.24, 2.45) is 5.92 Å². The number of likely N-dealkylation sites (tertiary alicyclic amines) is 1. The zero-order chi connectivity index (χ0) is 29.2. The number of aromatic amines is 1. The smallest absolute Gasteiger partial charge is 0.341 e. The first-order valence-electron chi connectivity index (χ1n) is 12.3. The average Bonchev–Trinajstić information content (AvgIpc) is 2.90. The monoisotopic (exact) mass is 598 g/mol. The van der Waals surface area contributed by atoms with Gasteiger partial charge in [0.25, 0.3) is 15.6 Å². The molecule has 0 radical (unpaired) electrons. The molecule has 1 unspecified atom stereocenters. The number of alkyl halides is 3. The van der Waals surface area contributed by atoms with Crippen molar-refractivity contribution in [3.05, 3.63) is 91.7 Å². The van der Waals surface area contributed by atoms with Crippen molar-refractivity contribution < 1.29 is 26.4 Å². The fourth-order valence-corrected chi connectivity index (χ4v) is 6.31. The number of rotatable bonds is 7. The van der Waals surface area contributed by atoms with Gasteiger partial charge in [0, 0.05) is 31.4 Å². The number of halogens is 4. The summed E-state index contributed by atoms with van der Waals surface area (Å²) in [6.45, 7) is 1.46. The van der Waals surface area contributed by atoms with E-state index in [2.05, 4.69) is 4.98 Å². The predicted molar refractivity (Wildman–Crippen MR) is 143 cm³/mol. The number of anilines is 1. The van der Waals surface area contributed by atoms with Crippen molar-refractivity contribution in [3.8, 4) is 0 Å². The van der Waals surface area contributed by atoms with E-state index in [-0.39, 0.29) is 28.9 Å². The zero-order valence-electron chi connectivity index (χ0n) is 21.3. The molecule has 3 aromatic rings. The van der Waals surface area contributed by atoms with Crippen LogP contribution in [0.4, 0.5) is 18.9 Å². The maximum Gasteiger partial charge on any atom is 0.416 e. The van der Waals surface area contributed by atoms with Crippen molar-refractivity contribution in [2.75, 3.05) is 23.9 Å². The van der Waals surface area contributed by atoms with E-state index >= 15 is 0 Å². The summed E-state index contributed by atoms with van der Waals surface area (Å²) in [5.74, 6) is -0.820. The van der Waals surface area contributed by atoms with Gasteiger partial charge in [0.2, 0.25) is 5.91 Å². The number of hydrogen-bond donors (Lipinski definition) is 1. The molecule has 1 atom stereocenters. The second-order valence-electron chi connectivity index (χ2n) is 9.56. The van der Waals surface area contributed by atoms with Gasteiger partial charge in [0.05, 0.1) is 21.2 Å². The fraction of sp³-hybridized carbons (Fsp3) is 0.346. The van der Waals surface area contributed by atoms with E-state index in [0.29, 0.717) is 35.3 Å². The normalized spacial score (nSPS) is 16.1. The van der Waals surface area contributed by atoms with E-state index in [0.717, 1.165) is 12.1 Å². The molecule has 4 rings (SSSR count).